The Hall–Kier alpha value is -3.76. The fraction of sp³-hybridized carbons (Fsp3) is 0.810. The highest BCUT2D eigenvalue weighted by Crippen LogP contribution is 2.90. The Morgan fingerprint density at radius 2 is 1.68 bits per heavy atom. The van der Waals surface area contributed by atoms with E-state index in [0.717, 1.165) is 75.0 Å². The first kappa shape index (κ1) is 56.1. The Bertz CT molecular complexity index is 2870. The van der Waals surface area contributed by atoms with Crippen molar-refractivity contribution in [3.8, 4) is 0 Å². The summed E-state index contributed by atoms with van der Waals surface area (Å²) in [5.41, 5.74) is 4.45. The molecule has 450 valence electrons. The summed E-state index contributed by atoms with van der Waals surface area (Å²) >= 11 is 0. The van der Waals surface area contributed by atoms with Gasteiger partial charge >= 0.3 is 5.97 Å². The van der Waals surface area contributed by atoms with Crippen LogP contribution >= 0.6 is 0 Å². The predicted molar refractivity (Wildman–Crippen MR) is 298 cm³/mol. The number of ether oxygens (including phenoxy) is 2. The van der Waals surface area contributed by atoms with Crippen molar-refractivity contribution >= 4 is 17.7 Å². The lowest BCUT2D eigenvalue weighted by molar-refractivity contribution is -0.374. The molecule has 14 rings (SSSR count). The highest BCUT2D eigenvalue weighted by atomic mass is 16.7. The van der Waals surface area contributed by atoms with Crippen molar-refractivity contribution in [2.45, 2.75) is 198 Å². The van der Waals surface area contributed by atoms with Gasteiger partial charge in [-0.05, 0) is 148 Å². The smallest absolute Gasteiger partial charge is 0.310 e. The van der Waals surface area contributed by atoms with Crippen LogP contribution in [0.2, 0.25) is 0 Å². The van der Waals surface area contributed by atoms with Crippen LogP contribution in [0.25, 0.3) is 0 Å². The van der Waals surface area contributed by atoms with Crippen LogP contribution in [0.15, 0.2) is 42.1 Å². The second-order valence-corrected chi connectivity index (χ2v) is 29.6. The summed E-state index contributed by atoms with van der Waals surface area (Å²) < 4.78 is 13.2. The summed E-state index contributed by atoms with van der Waals surface area (Å²) in [7, 11) is 0. The number of allylic oxidation sites excluding steroid dienone is 4. The van der Waals surface area contributed by atoms with Gasteiger partial charge in [0.2, 0.25) is 5.91 Å². The number of nitrogens with one attached hydrogen (secondary N) is 4. The number of carboxylic acid groups (broad SMARTS) is 1. The predicted octanol–water partition coefficient (Wildman–Crippen LogP) is 4.79. The van der Waals surface area contributed by atoms with E-state index in [1.807, 2.05) is 6.20 Å². The van der Waals surface area contributed by atoms with Gasteiger partial charge in [-0.2, -0.15) is 0 Å². The van der Waals surface area contributed by atoms with E-state index < -0.39 is 110 Å². The Kier molecular flexibility index (Phi) is 13.2. The number of fused-ring (bicyclic) bond motifs is 5. The quantitative estimate of drug-likeness (QED) is 0.0772. The van der Waals surface area contributed by atoms with E-state index in [9.17, 15) is 45.6 Å². The molecule has 1 amide bonds. The van der Waals surface area contributed by atoms with Gasteiger partial charge in [0.05, 0.1) is 54.6 Å². The van der Waals surface area contributed by atoms with Gasteiger partial charge in [0.25, 0.3) is 0 Å². The van der Waals surface area contributed by atoms with E-state index in [-0.39, 0.29) is 73.6 Å². The molecule has 2 aromatic rings. The highest BCUT2D eigenvalue weighted by molar-refractivity contribution is 5.86. The Morgan fingerprint density at radius 1 is 0.902 bits per heavy atom. The van der Waals surface area contributed by atoms with Gasteiger partial charge in [-0.25, -0.2) is 9.97 Å². The molecule has 7 saturated carbocycles. The third kappa shape index (κ3) is 6.95. The van der Waals surface area contributed by atoms with Gasteiger partial charge in [-0.15, -0.1) is 0 Å². The lowest BCUT2D eigenvalue weighted by Gasteiger charge is -2.85. The van der Waals surface area contributed by atoms with Gasteiger partial charge in [-0.3, -0.25) is 9.59 Å². The summed E-state index contributed by atoms with van der Waals surface area (Å²) in [6.07, 6.45) is 13.9. The van der Waals surface area contributed by atoms with Gasteiger partial charge in [0, 0.05) is 65.1 Å². The largest absolute Gasteiger partial charge is 0.481 e. The minimum Gasteiger partial charge on any atom is -0.481 e. The SMILES string of the molecule is CC1(CO)CCC2(C(=O)O)C(C1)C1=CCC34C5=CC(C6C(C(CCC(N)O)c7cnc[nH]7)NC(=O)C67CCCC7)C6C(O)C(OC7OCC(O)C(O)C7O)C(C)(CO)C(CCC3(C)C1(CC5)C1Cc3[nH]cnc3NCC12)C64C1CCCC1. The van der Waals surface area contributed by atoms with Gasteiger partial charge < -0.3 is 76.7 Å². The van der Waals surface area contributed by atoms with Crippen LogP contribution < -0.4 is 16.4 Å². The Morgan fingerprint density at radius 3 is 2.39 bits per heavy atom. The van der Waals surface area contributed by atoms with E-state index in [0.29, 0.717) is 64.3 Å². The van der Waals surface area contributed by atoms with Crippen molar-refractivity contribution in [1.82, 2.24) is 25.3 Å². The fourth-order valence-corrected chi connectivity index (χ4v) is 24.1. The first-order valence-corrected chi connectivity index (χ1v) is 31.6. The average Bonchev–Trinajstić information content (AvgIpc) is 0.690. The molecular weight excluding hydrogens is 1050 g/mol. The van der Waals surface area contributed by atoms with Crippen LogP contribution in [-0.2, 0) is 25.5 Å². The summed E-state index contributed by atoms with van der Waals surface area (Å²) in [4.78, 5) is 46.6. The molecule has 2 aromatic heterocycles. The number of aliphatic hydroxyl groups excluding tert-OH is 7. The number of anilines is 1. The average molecular weight is 1140 g/mol. The monoisotopic (exact) mass is 1140 g/mol. The number of aromatic amines is 2. The van der Waals surface area contributed by atoms with Crippen molar-refractivity contribution in [3.05, 3.63) is 53.5 Å². The molecule has 2 bridgehead atoms. The minimum atomic E-state index is -1.66. The number of imidazole rings is 2. The van der Waals surface area contributed by atoms with Gasteiger partial charge in [0.15, 0.2) is 6.29 Å². The van der Waals surface area contributed by atoms with Crippen LogP contribution in [0.4, 0.5) is 5.82 Å². The lowest BCUT2D eigenvalue weighted by Crippen LogP contribution is -2.82. The number of nitrogens with zero attached hydrogens (tertiary/aromatic N) is 2. The highest BCUT2D eigenvalue weighted by Gasteiger charge is 2.87. The van der Waals surface area contributed by atoms with Crippen molar-refractivity contribution in [3.63, 3.8) is 0 Å². The summed E-state index contributed by atoms with van der Waals surface area (Å²) in [6.45, 7) is 6.50. The molecule has 0 aromatic carbocycles. The number of aliphatic hydroxyl groups is 7. The van der Waals surface area contributed by atoms with Crippen molar-refractivity contribution < 1.29 is 59.9 Å². The molecule has 9 fully saturated rings. The molecule has 5 heterocycles. The molecule has 2 saturated heterocycles. The van der Waals surface area contributed by atoms with E-state index in [2.05, 4.69) is 58.5 Å². The molecule has 19 nitrogen and oxygen atoms in total. The number of amides is 1. The number of rotatable bonds is 12. The standard InChI is InChI=1S/C63H91N7O12/c1-56(28-71)20-21-60(55(79)80)38(24-56)36-13-19-62-33-12-18-61(36,37-23-40-52(69-31-68-40)66-25-39(37)60)58(62,3)17-14-43-57(2,29-72)51(82-53-50(77)48(75)42(73)27-81-53)49(76)46(63(43,62)32-8-4-5-9-32)35(22-33)45-47(70-54(78)59(45)15-6-7-16-59)34(10-11-44(64)74)41-26-65-30-67-41/h13,22,26,30-32,34-35,37-39,42-51,53,66,71-77H,4-12,14-21,23-25,27-29,64H2,1-3H3,(H,65,67)(H,68,69)(H,70,78)(H,79,80). The molecule has 3 aliphatic heterocycles. The number of carbonyl (C=O) groups excluding carboxylic acids is 1. The maximum atomic E-state index is 15.6. The first-order chi connectivity index (χ1) is 39.3. The van der Waals surface area contributed by atoms with Crippen LogP contribution in [0.1, 0.15) is 154 Å². The molecule has 0 radical (unpaired) electrons. The Labute approximate surface area is 480 Å². The minimum absolute atomic E-state index is 0.00604. The van der Waals surface area contributed by atoms with Gasteiger partial charge in [0.1, 0.15) is 30.4 Å². The number of carboxylic acids is 1. The van der Waals surface area contributed by atoms with E-state index in [4.69, 9.17) is 20.2 Å². The van der Waals surface area contributed by atoms with Crippen molar-refractivity contribution in [2.75, 3.05) is 31.7 Å². The van der Waals surface area contributed by atoms with Crippen LogP contribution in [-0.4, -0.2) is 148 Å². The van der Waals surface area contributed by atoms with E-state index in [1.165, 1.54) is 11.1 Å². The van der Waals surface area contributed by atoms with Crippen LogP contribution in [0, 0.1) is 90.7 Å². The Balaban J connectivity index is 1.05. The summed E-state index contributed by atoms with van der Waals surface area (Å²) in [6, 6.07) is -0.474. The zero-order valence-corrected chi connectivity index (χ0v) is 48.1. The normalized spacial score (nSPS) is 48.7. The third-order valence-electron chi connectivity index (χ3n) is 27.1. The first-order valence-electron chi connectivity index (χ1n) is 31.6. The lowest BCUT2D eigenvalue weighted by atomic mass is 9.18. The molecule has 19 heteroatoms. The number of aromatic nitrogens is 4. The van der Waals surface area contributed by atoms with Crippen molar-refractivity contribution in [1.29, 1.82) is 0 Å². The van der Waals surface area contributed by atoms with Crippen molar-refractivity contribution in [2.24, 2.45) is 96.4 Å². The maximum Gasteiger partial charge on any atom is 0.310 e. The van der Waals surface area contributed by atoms with Crippen LogP contribution in [0.3, 0.4) is 0 Å². The fourth-order valence-electron chi connectivity index (χ4n) is 24.1. The molecule has 23 atom stereocenters. The number of carbonyl (C=O) groups is 2. The van der Waals surface area contributed by atoms with E-state index >= 15 is 4.79 Å². The molecule has 82 heavy (non-hydrogen) atoms. The molecule has 14 N–H and O–H groups in total. The zero-order chi connectivity index (χ0) is 57.3. The number of nitrogens with two attached hydrogens (primary N) is 1. The molecule has 23 unspecified atom stereocenters. The van der Waals surface area contributed by atoms with Crippen LogP contribution in [0.5, 0.6) is 0 Å². The second kappa shape index (κ2) is 19.4. The number of H-pyrrole nitrogens is 2. The molecular formula is C63H91N7O12. The number of hydrogen-bond acceptors (Lipinski definition) is 15. The topological polar surface area (TPSA) is 322 Å². The van der Waals surface area contributed by atoms with Gasteiger partial charge in [-0.1, -0.05) is 69.8 Å². The third-order valence-corrected chi connectivity index (χ3v) is 27.1. The second-order valence-electron chi connectivity index (χ2n) is 29.6. The zero-order valence-electron chi connectivity index (χ0n) is 48.1. The maximum absolute atomic E-state index is 15.6. The van der Waals surface area contributed by atoms with E-state index in [1.54, 1.807) is 12.7 Å². The number of hydrogen-bond donors (Lipinski definition) is 13. The summed E-state index contributed by atoms with van der Waals surface area (Å²) in [5.74, 6) is -2.81. The molecule has 12 aliphatic rings. The molecule has 3 spiro atoms. The number of aliphatic carboxylic acids is 1. The summed E-state index contributed by atoms with van der Waals surface area (Å²) in [5, 5.41) is 102. The molecule has 9 aliphatic carbocycles.